The van der Waals surface area contributed by atoms with Gasteiger partial charge < -0.3 is 10.2 Å². The molecule has 0 spiro atoms. The third kappa shape index (κ3) is 0.841. The van der Waals surface area contributed by atoms with Crippen molar-refractivity contribution in [2.75, 3.05) is 0 Å². The lowest BCUT2D eigenvalue weighted by Crippen LogP contribution is -1.76. The molecule has 4 heteroatoms. The SMILES string of the molecule is [2H]c1nc(O)nc(O)c1[2H]. The van der Waals surface area contributed by atoms with Crippen LogP contribution >= 0.6 is 0 Å². The van der Waals surface area contributed by atoms with Crippen LogP contribution in [0.4, 0.5) is 0 Å². The van der Waals surface area contributed by atoms with E-state index in [0.29, 0.717) is 0 Å². The molecule has 0 amide bonds. The normalized spacial score (nSPS) is 12.5. The van der Waals surface area contributed by atoms with E-state index < -0.39 is 24.1 Å². The average molecular weight is 114 g/mol. The van der Waals surface area contributed by atoms with Gasteiger partial charge in [-0.15, -0.1) is 0 Å². The Bertz CT molecular complexity index is 242. The monoisotopic (exact) mass is 114 g/mol. The van der Waals surface area contributed by atoms with Gasteiger partial charge in [-0.05, 0) is 0 Å². The fraction of sp³-hybridized carbons (Fsp3) is 0. The van der Waals surface area contributed by atoms with Crippen LogP contribution in [-0.4, -0.2) is 20.2 Å². The number of aromatic hydroxyl groups is 2. The van der Waals surface area contributed by atoms with E-state index in [1.54, 1.807) is 0 Å². The summed E-state index contributed by atoms with van der Waals surface area (Å²) in [4.78, 5) is 6.12. The molecule has 0 fully saturated rings. The Hall–Kier alpha value is -1.32. The zero-order valence-electron chi connectivity index (χ0n) is 5.79. The summed E-state index contributed by atoms with van der Waals surface area (Å²) in [6.07, 6.45) is -0.495. The van der Waals surface area contributed by atoms with Crippen LogP contribution in [0.3, 0.4) is 0 Å². The third-order valence-corrected chi connectivity index (χ3v) is 0.530. The van der Waals surface area contributed by atoms with Crippen LogP contribution in [0.25, 0.3) is 0 Å². The second-order valence-corrected chi connectivity index (χ2v) is 1.08. The Labute approximate surface area is 48.3 Å². The fourth-order valence-electron chi connectivity index (χ4n) is 0.276. The lowest BCUT2D eigenvalue weighted by Gasteiger charge is -1.86. The molecule has 42 valence electrons. The molecule has 0 saturated heterocycles. The molecule has 0 bridgehead atoms. The van der Waals surface area contributed by atoms with Gasteiger partial charge in [0.1, 0.15) is 0 Å². The zero-order chi connectivity index (χ0) is 7.72. The largest absolute Gasteiger partial charge is 0.493 e. The first kappa shape index (κ1) is 2.86. The van der Waals surface area contributed by atoms with Gasteiger partial charge in [-0.25, -0.2) is 4.98 Å². The molecule has 1 rings (SSSR count). The second kappa shape index (κ2) is 1.65. The molecule has 0 aliphatic rings. The van der Waals surface area contributed by atoms with E-state index >= 15 is 0 Å². The highest BCUT2D eigenvalue weighted by Crippen LogP contribution is 2.03. The van der Waals surface area contributed by atoms with E-state index in [4.69, 9.17) is 13.0 Å². The summed E-state index contributed by atoms with van der Waals surface area (Å²) in [6.45, 7) is 0. The highest BCUT2D eigenvalue weighted by atomic mass is 16.3. The molecule has 0 aliphatic carbocycles. The van der Waals surface area contributed by atoms with Crippen molar-refractivity contribution >= 4 is 0 Å². The number of hydrogen-bond donors (Lipinski definition) is 2. The molecule has 0 aliphatic heterocycles. The van der Waals surface area contributed by atoms with Crippen molar-refractivity contribution in [3.05, 3.63) is 12.2 Å². The van der Waals surface area contributed by atoms with Crippen molar-refractivity contribution in [2.24, 2.45) is 0 Å². The smallest absolute Gasteiger partial charge is 0.317 e. The summed E-state index contributed by atoms with van der Waals surface area (Å²) in [6, 6.07) is -1.18. The predicted molar refractivity (Wildman–Crippen MR) is 25.4 cm³/mol. The van der Waals surface area contributed by atoms with Crippen LogP contribution in [0.5, 0.6) is 11.9 Å². The fourth-order valence-corrected chi connectivity index (χ4v) is 0.276. The van der Waals surface area contributed by atoms with E-state index in [2.05, 4.69) is 9.97 Å². The van der Waals surface area contributed by atoms with Gasteiger partial charge in [0.2, 0.25) is 5.88 Å². The molecule has 0 unspecified atom stereocenters. The number of aromatic nitrogens is 2. The maximum Gasteiger partial charge on any atom is 0.317 e. The van der Waals surface area contributed by atoms with Crippen molar-refractivity contribution in [3.63, 3.8) is 0 Å². The van der Waals surface area contributed by atoms with Gasteiger partial charge in [-0.2, -0.15) is 4.98 Å². The Morgan fingerprint density at radius 1 is 1.62 bits per heavy atom. The maximum atomic E-state index is 8.66. The lowest BCUT2D eigenvalue weighted by molar-refractivity contribution is 0.397. The number of rotatable bonds is 0. The van der Waals surface area contributed by atoms with Gasteiger partial charge in [0, 0.05) is 12.2 Å². The van der Waals surface area contributed by atoms with Crippen LogP contribution in [0, 0.1) is 0 Å². The summed E-state index contributed by atoms with van der Waals surface area (Å²) >= 11 is 0. The van der Waals surface area contributed by atoms with E-state index in [1.807, 2.05) is 0 Å². The molecule has 0 atom stereocenters. The Morgan fingerprint density at radius 3 is 3.00 bits per heavy atom. The molecule has 8 heavy (non-hydrogen) atoms. The van der Waals surface area contributed by atoms with E-state index in [1.165, 1.54) is 0 Å². The minimum atomic E-state index is -0.696. The van der Waals surface area contributed by atoms with E-state index in [0.717, 1.165) is 0 Å². The first-order valence-electron chi connectivity index (χ1n) is 2.84. The molecule has 2 N–H and O–H groups in total. The van der Waals surface area contributed by atoms with E-state index in [9.17, 15) is 0 Å². The number of nitrogens with zero attached hydrogens (tertiary/aromatic N) is 2. The summed E-state index contributed by atoms with van der Waals surface area (Å²) < 4.78 is 13.7. The lowest BCUT2D eigenvalue weighted by atomic mass is 10.6. The minimum absolute atomic E-state index is 0.488. The van der Waals surface area contributed by atoms with Crippen molar-refractivity contribution in [1.29, 1.82) is 0 Å². The van der Waals surface area contributed by atoms with Crippen LogP contribution in [-0.2, 0) is 0 Å². The van der Waals surface area contributed by atoms with Crippen LogP contribution < -0.4 is 0 Å². The van der Waals surface area contributed by atoms with Gasteiger partial charge in [0.05, 0.1) is 2.74 Å². The van der Waals surface area contributed by atoms with Crippen LogP contribution in [0.15, 0.2) is 12.2 Å². The minimum Gasteiger partial charge on any atom is -0.493 e. The molecule has 0 aromatic carbocycles. The molecule has 1 heterocycles. The molecule has 0 saturated carbocycles. The summed E-state index contributed by atoms with van der Waals surface area (Å²) in [5.41, 5.74) is 0. The topological polar surface area (TPSA) is 66.2 Å². The molecule has 0 radical (unpaired) electrons. The second-order valence-electron chi connectivity index (χ2n) is 1.08. The molecular formula is C4H4N2O2. The first-order chi connectivity index (χ1) is 4.61. The number of hydrogen-bond acceptors (Lipinski definition) is 4. The maximum absolute atomic E-state index is 8.66. The zero-order valence-corrected chi connectivity index (χ0v) is 3.79. The highest BCUT2D eigenvalue weighted by Gasteiger charge is 1.88. The Morgan fingerprint density at radius 2 is 2.38 bits per heavy atom. The quantitative estimate of drug-likeness (QED) is 0.493. The Kier molecular flexibility index (Phi) is 0.590. The molecular weight excluding hydrogens is 108 g/mol. The average Bonchev–Trinajstić information content (AvgIpc) is 1.82. The van der Waals surface area contributed by atoms with Gasteiger partial charge in [0.15, 0.2) is 0 Å². The van der Waals surface area contributed by atoms with Crippen molar-refractivity contribution in [3.8, 4) is 11.9 Å². The van der Waals surface area contributed by atoms with Gasteiger partial charge in [0.25, 0.3) is 0 Å². The predicted octanol–water partition coefficient (Wildman–Crippen LogP) is -0.112. The van der Waals surface area contributed by atoms with Gasteiger partial charge in [-0.1, -0.05) is 0 Å². The molecule has 4 nitrogen and oxygen atoms in total. The summed E-state index contributed by atoms with van der Waals surface area (Å²) in [5, 5.41) is 17.2. The molecule has 1 aromatic rings. The third-order valence-electron chi connectivity index (χ3n) is 0.530. The summed E-state index contributed by atoms with van der Waals surface area (Å²) in [7, 11) is 0. The first-order valence-corrected chi connectivity index (χ1v) is 1.84. The van der Waals surface area contributed by atoms with Crippen LogP contribution in [0.1, 0.15) is 2.74 Å². The van der Waals surface area contributed by atoms with Crippen molar-refractivity contribution in [1.82, 2.24) is 9.97 Å². The van der Waals surface area contributed by atoms with E-state index in [-0.39, 0.29) is 0 Å². The van der Waals surface area contributed by atoms with Gasteiger partial charge >= 0.3 is 6.01 Å². The summed E-state index contributed by atoms with van der Waals surface area (Å²) in [5.74, 6) is -0.683. The standard InChI is InChI=1S/C4H4N2O2/c7-3-1-2-5-4(8)6-3/h1-2H,(H2,5,6,7,8)/i1D,2D. The van der Waals surface area contributed by atoms with Crippen LogP contribution in [0.2, 0.25) is 0 Å². The highest BCUT2D eigenvalue weighted by molar-refractivity contribution is 5.07. The Balaban J connectivity index is 3.31. The van der Waals surface area contributed by atoms with Crippen molar-refractivity contribution < 1.29 is 13.0 Å². The van der Waals surface area contributed by atoms with Crippen molar-refractivity contribution in [2.45, 2.75) is 0 Å². The molecule has 1 aromatic heterocycles. The van der Waals surface area contributed by atoms with Gasteiger partial charge in [-0.3, -0.25) is 0 Å².